The van der Waals surface area contributed by atoms with Gasteiger partial charge in [-0.2, -0.15) is 0 Å². The molecule has 0 aliphatic rings. The van der Waals surface area contributed by atoms with Gasteiger partial charge < -0.3 is 4.74 Å². The van der Waals surface area contributed by atoms with E-state index in [0.717, 1.165) is 0 Å². The van der Waals surface area contributed by atoms with Crippen LogP contribution in [0.4, 0.5) is 0 Å². The number of rotatable bonds is 7. The largest absolute Gasteiger partial charge is 0.491 e. The molecule has 1 aromatic rings. The molecule has 1 aromatic carbocycles. The monoisotopic (exact) mass is 305 g/mol. The molecule has 0 saturated heterocycles. The molecule has 0 amide bonds. The Hall–Kier alpha value is -0.780. The summed E-state index contributed by atoms with van der Waals surface area (Å²) in [5.41, 5.74) is -0.479. The van der Waals surface area contributed by atoms with Gasteiger partial charge in [0.05, 0.1) is 17.4 Å². The van der Waals surface area contributed by atoms with Gasteiger partial charge >= 0.3 is 0 Å². The number of hydrogen-bond donors (Lipinski definition) is 1. The highest BCUT2D eigenvalue weighted by Gasteiger charge is 2.32. The van der Waals surface area contributed by atoms with E-state index < -0.39 is 15.4 Å². The van der Waals surface area contributed by atoms with Gasteiger partial charge in [-0.1, -0.05) is 37.6 Å². The molecule has 108 valence electrons. The first-order chi connectivity index (χ1) is 8.82. The maximum atomic E-state index is 11.3. The molecule has 2 N–H and O–H groups in total. The normalized spacial score (nSPS) is 12.4. The predicted molar refractivity (Wildman–Crippen MR) is 77.9 cm³/mol. The van der Waals surface area contributed by atoms with Crippen molar-refractivity contribution in [2.45, 2.75) is 26.7 Å². The molecule has 6 heteroatoms. The summed E-state index contributed by atoms with van der Waals surface area (Å²) in [7, 11) is -3.53. The van der Waals surface area contributed by atoms with Crippen LogP contribution < -0.4 is 9.88 Å². The van der Waals surface area contributed by atoms with Crippen molar-refractivity contribution in [3.05, 3.63) is 29.3 Å². The van der Waals surface area contributed by atoms with Crippen molar-refractivity contribution in [3.63, 3.8) is 0 Å². The van der Waals surface area contributed by atoms with E-state index >= 15 is 0 Å². The number of halogens is 1. The van der Waals surface area contributed by atoms with Crippen molar-refractivity contribution in [1.82, 2.24) is 0 Å². The van der Waals surface area contributed by atoms with Gasteiger partial charge in [0.1, 0.15) is 5.75 Å². The van der Waals surface area contributed by atoms with Crippen LogP contribution in [0.1, 0.15) is 26.7 Å². The van der Waals surface area contributed by atoms with Crippen molar-refractivity contribution >= 4 is 21.6 Å². The number of benzene rings is 1. The third-order valence-electron chi connectivity index (χ3n) is 3.38. The quantitative estimate of drug-likeness (QED) is 0.842. The van der Waals surface area contributed by atoms with Crippen molar-refractivity contribution in [2.75, 3.05) is 12.4 Å². The van der Waals surface area contributed by atoms with E-state index in [-0.39, 0.29) is 12.4 Å². The van der Waals surface area contributed by atoms with Gasteiger partial charge in [0.15, 0.2) is 0 Å². The topological polar surface area (TPSA) is 69.4 Å². The zero-order valence-electron chi connectivity index (χ0n) is 11.2. The van der Waals surface area contributed by atoms with Gasteiger partial charge in [-0.25, -0.2) is 13.6 Å². The van der Waals surface area contributed by atoms with Crippen LogP contribution in [-0.2, 0) is 10.0 Å². The van der Waals surface area contributed by atoms with Crippen LogP contribution in [-0.4, -0.2) is 20.8 Å². The minimum absolute atomic E-state index is 0.0859. The van der Waals surface area contributed by atoms with Gasteiger partial charge in [0.2, 0.25) is 10.0 Å². The Morgan fingerprint density at radius 3 is 2.32 bits per heavy atom. The van der Waals surface area contributed by atoms with Crippen LogP contribution in [0.25, 0.3) is 0 Å². The molecule has 0 bridgehead atoms. The average Bonchev–Trinajstić information content (AvgIpc) is 2.35. The molecular formula is C13H20ClNO3S. The first-order valence-corrected chi connectivity index (χ1v) is 8.29. The number of hydrogen-bond acceptors (Lipinski definition) is 3. The lowest BCUT2D eigenvalue weighted by atomic mass is 9.85. The van der Waals surface area contributed by atoms with Gasteiger partial charge in [0.25, 0.3) is 0 Å². The van der Waals surface area contributed by atoms with E-state index in [2.05, 4.69) is 0 Å². The van der Waals surface area contributed by atoms with Crippen LogP contribution in [0.3, 0.4) is 0 Å². The van der Waals surface area contributed by atoms with Gasteiger partial charge in [-0.05, 0) is 25.0 Å². The molecular weight excluding hydrogens is 286 g/mol. The molecule has 4 nitrogen and oxygen atoms in total. The summed E-state index contributed by atoms with van der Waals surface area (Å²) >= 11 is 6.00. The zero-order chi connectivity index (χ0) is 14.5. The van der Waals surface area contributed by atoms with Crippen molar-refractivity contribution in [2.24, 2.45) is 10.6 Å². The number of nitrogens with two attached hydrogens (primary N) is 1. The fourth-order valence-electron chi connectivity index (χ4n) is 1.92. The zero-order valence-corrected chi connectivity index (χ0v) is 12.8. The molecule has 0 aliphatic heterocycles. The summed E-state index contributed by atoms with van der Waals surface area (Å²) in [6, 6.07) is 7.12. The number of ether oxygens (including phenoxy) is 1. The van der Waals surface area contributed by atoms with E-state index in [4.69, 9.17) is 21.5 Å². The maximum Gasteiger partial charge on any atom is 0.209 e. The highest BCUT2D eigenvalue weighted by Crippen LogP contribution is 2.31. The second-order valence-corrected chi connectivity index (χ2v) is 6.75. The smallest absolute Gasteiger partial charge is 0.209 e. The van der Waals surface area contributed by atoms with E-state index in [1.165, 1.54) is 0 Å². The first kappa shape index (κ1) is 16.3. The Balaban J connectivity index is 2.83. The maximum absolute atomic E-state index is 11.3. The Morgan fingerprint density at radius 2 is 1.84 bits per heavy atom. The lowest BCUT2D eigenvalue weighted by molar-refractivity contribution is 0.154. The van der Waals surface area contributed by atoms with E-state index in [0.29, 0.717) is 23.6 Å². The standard InChI is InChI=1S/C13H20ClNO3S/c1-3-13(4-2,10-19(15,16)17)9-18-12-8-6-5-7-11(12)14/h5-8H,3-4,9-10H2,1-2H3,(H2,15,16,17). The fraction of sp³-hybridized carbons (Fsp3) is 0.538. The number of primary sulfonamides is 1. The summed E-state index contributed by atoms with van der Waals surface area (Å²) in [5.74, 6) is 0.474. The fourth-order valence-corrected chi connectivity index (χ4v) is 3.45. The molecule has 0 aromatic heterocycles. The molecule has 0 aliphatic carbocycles. The minimum Gasteiger partial charge on any atom is -0.491 e. The van der Waals surface area contributed by atoms with Crippen LogP contribution >= 0.6 is 11.6 Å². The molecule has 0 spiro atoms. The van der Waals surface area contributed by atoms with Crippen LogP contribution in [0.2, 0.25) is 5.02 Å². The molecule has 0 radical (unpaired) electrons. The minimum atomic E-state index is -3.53. The van der Waals surface area contributed by atoms with Gasteiger partial charge in [-0.15, -0.1) is 0 Å². The molecule has 1 rings (SSSR count). The molecule has 0 unspecified atom stereocenters. The summed E-state index contributed by atoms with van der Waals surface area (Å²) in [5, 5.41) is 5.68. The van der Waals surface area contributed by atoms with Crippen molar-refractivity contribution in [1.29, 1.82) is 0 Å². The molecule has 0 fully saturated rings. The third-order valence-corrected chi connectivity index (χ3v) is 4.70. The second kappa shape index (κ2) is 6.59. The number of para-hydroxylation sites is 1. The summed E-state index contributed by atoms with van der Waals surface area (Å²) in [6.45, 7) is 4.15. The first-order valence-electron chi connectivity index (χ1n) is 6.20. The third kappa shape index (κ3) is 5.01. The molecule has 0 saturated carbocycles. The van der Waals surface area contributed by atoms with Gasteiger partial charge in [-0.3, -0.25) is 0 Å². The van der Waals surface area contributed by atoms with Crippen molar-refractivity contribution in [3.8, 4) is 5.75 Å². The Labute approximate surface area is 120 Å². The lowest BCUT2D eigenvalue weighted by Crippen LogP contribution is -2.37. The Bertz CT molecular complexity index is 512. The van der Waals surface area contributed by atoms with Crippen molar-refractivity contribution < 1.29 is 13.2 Å². The summed E-state index contributed by atoms with van der Waals surface area (Å²) in [6.07, 6.45) is 1.34. The highest BCUT2D eigenvalue weighted by molar-refractivity contribution is 7.89. The molecule has 0 heterocycles. The van der Waals surface area contributed by atoms with E-state index in [1.807, 2.05) is 26.0 Å². The second-order valence-electron chi connectivity index (χ2n) is 4.73. The van der Waals surface area contributed by atoms with Crippen LogP contribution in [0.15, 0.2) is 24.3 Å². The van der Waals surface area contributed by atoms with E-state index in [9.17, 15) is 8.42 Å². The highest BCUT2D eigenvalue weighted by atomic mass is 35.5. The predicted octanol–water partition coefficient (Wildman–Crippen LogP) is 2.81. The van der Waals surface area contributed by atoms with E-state index in [1.54, 1.807) is 12.1 Å². The van der Waals surface area contributed by atoms with Gasteiger partial charge in [0, 0.05) is 5.41 Å². The summed E-state index contributed by atoms with van der Waals surface area (Å²) < 4.78 is 28.4. The summed E-state index contributed by atoms with van der Waals surface area (Å²) in [4.78, 5) is 0. The molecule has 0 atom stereocenters. The Morgan fingerprint density at radius 1 is 1.26 bits per heavy atom. The number of sulfonamides is 1. The van der Waals surface area contributed by atoms with Crippen LogP contribution in [0, 0.1) is 5.41 Å². The Kier molecular flexibility index (Phi) is 5.64. The SMILES string of the molecule is CCC(CC)(COc1ccccc1Cl)CS(N)(=O)=O. The lowest BCUT2D eigenvalue weighted by Gasteiger charge is -2.30. The molecule has 19 heavy (non-hydrogen) atoms. The average molecular weight is 306 g/mol. The van der Waals surface area contributed by atoms with Crippen LogP contribution in [0.5, 0.6) is 5.75 Å².